The molecule has 2 aliphatic rings. The van der Waals surface area contributed by atoms with Crippen LogP contribution in [0.1, 0.15) is 76.2 Å². The Hall–Kier alpha value is -1.71. The monoisotopic (exact) mass is 376 g/mol. The molecule has 1 aromatic carbocycles. The van der Waals surface area contributed by atoms with Gasteiger partial charge in [-0.05, 0) is 93.2 Å². The van der Waals surface area contributed by atoms with Crippen LogP contribution in [0, 0.1) is 23.5 Å². The van der Waals surface area contributed by atoms with Crippen LogP contribution in [0.2, 0.25) is 0 Å². The van der Waals surface area contributed by atoms with Crippen LogP contribution in [-0.2, 0) is 9.53 Å². The van der Waals surface area contributed by atoms with E-state index in [9.17, 15) is 13.6 Å². The van der Waals surface area contributed by atoms with Crippen molar-refractivity contribution in [2.24, 2.45) is 11.8 Å². The number of carbonyl (C=O) groups is 1. The van der Waals surface area contributed by atoms with Crippen molar-refractivity contribution in [1.82, 2.24) is 0 Å². The zero-order chi connectivity index (χ0) is 19.2. The quantitative estimate of drug-likeness (QED) is 0.445. The molecule has 27 heavy (non-hydrogen) atoms. The first-order valence-electron chi connectivity index (χ1n) is 10.4. The first-order valence-corrected chi connectivity index (χ1v) is 10.4. The number of ether oxygens (including phenoxy) is 1. The van der Waals surface area contributed by atoms with E-state index in [1.807, 2.05) is 13.0 Å². The molecule has 0 aliphatic heterocycles. The smallest absolute Gasteiger partial charge is 0.330 e. The van der Waals surface area contributed by atoms with E-state index in [-0.39, 0.29) is 12.1 Å². The summed E-state index contributed by atoms with van der Waals surface area (Å²) in [5.74, 6) is 0.0397. The van der Waals surface area contributed by atoms with Crippen LogP contribution in [0.3, 0.4) is 0 Å². The van der Waals surface area contributed by atoms with E-state index in [1.165, 1.54) is 18.2 Å². The molecule has 3 rings (SSSR count). The zero-order valence-corrected chi connectivity index (χ0v) is 16.1. The van der Waals surface area contributed by atoms with Gasteiger partial charge in [0.2, 0.25) is 0 Å². The van der Waals surface area contributed by atoms with Crippen molar-refractivity contribution in [3.63, 3.8) is 0 Å². The van der Waals surface area contributed by atoms with Crippen LogP contribution >= 0.6 is 0 Å². The van der Waals surface area contributed by atoms with E-state index >= 15 is 0 Å². The molecule has 0 heterocycles. The Kier molecular flexibility index (Phi) is 7.03. The van der Waals surface area contributed by atoms with Crippen LogP contribution < -0.4 is 0 Å². The molecular formula is C23H30F2O2. The van der Waals surface area contributed by atoms with Crippen LogP contribution in [0.15, 0.2) is 30.4 Å². The number of halogens is 2. The fraction of sp³-hybridized carbons (Fsp3) is 0.609. The van der Waals surface area contributed by atoms with Crippen molar-refractivity contribution in [2.45, 2.75) is 76.7 Å². The molecule has 2 fully saturated rings. The lowest BCUT2D eigenvalue weighted by molar-refractivity contribution is -0.145. The highest BCUT2D eigenvalue weighted by atomic mass is 19.2. The Morgan fingerprint density at radius 2 is 1.63 bits per heavy atom. The van der Waals surface area contributed by atoms with Crippen LogP contribution in [0.5, 0.6) is 0 Å². The molecule has 0 spiro atoms. The van der Waals surface area contributed by atoms with Gasteiger partial charge in [0.15, 0.2) is 11.6 Å². The van der Waals surface area contributed by atoms with Gasteiger partial charge in [-0.3, -0.25) is 0 Å². The molecule has 0 radical (unpaired) electrons. The maximum Gasteiger partial charge on any atom is 0.330 e. The molecule has 0 aromatic heterocycles. The van der Waals surface area contributed by atoms with Crippen LogP contribution in [0.4, 0.5) is 8.78 Å². The lowest BCUT2D eigenvalue weighted by Gasteiger charge is -2.37. The zero-order valence-electron chi connectivity index (χ0n) is 16.1. The molecule has 4 heteroatoms. The van der Waals surface area contributed by atoms with E-state index in [4.69, 9.17) is 4.74 Å². The molecule has 0 bridgehead atoms. The van der Waals surface area contributed by atoms with Gasteiger partial charge >= 0.3 is 5.97 Å². The Bertz CT molecular complexity index is 654. The van der Waals surface area contributed by atoms with Crippen molar-refractivity contribution in [3.05, 3.63) is 47.5 Å². The van der Waals surface area contributed by atoms with Gasteiger partial charge in [0.25, 0.3) is 0 Å². The summed E-state index contributed by atoms with van der Waals surface area (Å²) in [6.45, 7) is 2.00. The highest BCUT2D eigenvalue weighted by molar-refractivity contribution is 5.82. The number of carbonyl (C=O) groups excluding carboxylic acids is 1. The maximum atomic E-state index is 13.5. The van der Waals surface area contributed by atoms with Gasteiger partial charge in [-0.15, -0.1) is 0 Å². The van der Waals surface area contributed by atoms with Gasteiger partial charge in [-0.2, -0.15) is 0 Å². The molecule has 1 aromatic rings. The van der Waals surface area contributed by atoms with Crippen molar-refractivity contribution < 1.29 is 18.3 Å². The van der Waals surface area contributed by atoms with Gasteiger partial charge < -0.3 is 4.74 Å². The number of esters is 1. The van der Waals surface area contributed by atoms with Crippen LogP contribution in [0.25, 0.3) is 0 Å². The Morgan fingerprint density at radius 3 is 2.22 bits per heavy atom. The van der Waals surface area contributed by atoms with Crippen molar-refractivity contribution in [1.29, 1.82) is 0 Å². The Balaban J connectivity index is 1.43. The number of hydrogen-bond acceptors (Lipinski definition) is 2. The predicted molar refractivity (Wildman–Crippen MR) is 102 cm³/mol. The molecule has 148 valence electrons. The maximum absolute atomic E-state index is 13.5. The summed E-state index contributed by atoms with van der Waals surface area (Å²) in [5.41, 5.74) is 0.933. The minimum absolute atomic E-state index is 0.0637. The highest BCUT2D eigenvalue weighted by Crippen LogP contribution is 2.43. The Labute approximate surface area is 161 Å². The van der Waals surface area contributed by atoms with Crippen LogP contribution in [-0.4, -0.2) is 12.1 Å². The lowest BCUT2D eigenvalue weighted by atomic mass is 9.69. The SMILES string of the molecule is CC/C=C/C(=O)OC1CCC(C2CCC(c3ccc(F)c(F)c3)CC2)CC1. The molecule has 0 amide bonds. The Morgan fingerprint density at radius 1 is 1.00 bits per heavy atom. The first kappa shape index (κ1) is 20.0. The third kappa shape index (κ3) is 5.40. The molecule has 0 atom stereocenters. The fourth-order valence-electron chi connectivity index (χ4n) is 4.79. The number of hydrogen-bond donors (Lipinski definition) is 0. The second-order valence-corrected chi connectivity index (χ2v) is 8.07. The summed E-state index contributed by atoms with van der Waals surface area (Å²) in [4.78, 5) is 11.7. The molecule has 2 nitrogen and oxygen atoms in total. The summed E-state index contributed by atoms with van der Waals surface area (Å²) in [6.07, 6.45) is 12.8. The summed E-state index contributed by atoms with van der Waals surface area (Å²) in [7, 11) is 0. The summed E-state index contributed by atoms with van der Waals surface area (Å²) in [5, 5.41) is 0. The van der Waals surface area contributed by atoms with E-state index < -0.39 is 11.6 Å². The standard InChI is InChI=1S/C23H30F2O2/c1-2-3-4-23(26)27-20-12-9-17(10-13-20)16-5-7-18(8-6-16)19-11-14-21(24)22(25)15-19/h3-4,11,14-18,20H,2,5-10,12-13H2,1H3/b4-3+. The second-order valence-electron chi connectivity index (χ2n) is 8.07. The predicted octanol–water partition coefficient (Wildman–Crippen LogP) is 6.31. The van der Waals surface area contributed by atoms with E-state index in [1.54, 1.807) is 6.07 Å². The average molecular weight is 376 g/mol. The van der Waals surface area contributed by atoms with Gasteiger partial charge in [0.1, 0.15) is 6.10 Å². The van der Waals surface area contributed by atoms with Gasteiger partial charge in [-0.25, -0.2) is 13.6 Å². The fourth-order valence-corrected chi connectivity index (χ4v) is 4.79. The van der Waals surface area contributed by atoms with Gasteiger partial charge in [0, 0.05) is 6.08 Å². The molecule has 0 N–H and O–H groups in total. The summed E-state index contributed by atoms with van der Waals surface area (Å²) < 4.78 is 32.1. The van der Waals surface area contributed by atoms with Crippen molar-refractivity contribution in [2.75, 3.05) is 0 Å². The molecule has 0 unspecified atom stereocenters. The molecule has 2 saturated carbocycles. The average Bonchev–Trinajstić information content (AvgIpc) is 2.69. The third-order valence-electron chi connectivity index (χ3n) is 6.34. The number of allylic oxidation sites excluding steroid dienone is 1. The van der Waals surface area contributed by atoms with E-state index in [0.717, 1.165) is 63.4 Å². The lowest BCUT2D eigenvalue weighted by Crippen LogP contribution is -2.29. The number of benzene rings is 1. The second kappa shape index (κ2) is 9.48. The largest absolute Gasteiger partial charge is 0.459 e. The normalized spacial score (nSPS) is 29.0. The van der Waals surface area contributed by atoms with Crippen molar-refractivity contribution >= 4 is 5.97 Å². The number of rotatable bonds is 5. The highest BCUT2D eigenvalue weighted by Gasteiger charge is 2.32. The molecule has 2 aliphatic carbocycles. The van der Waals surface area contributed by atoms with E-state index in [0.29, 0.717) is 17.8 Å². The molecular weight excluding hydrogens is 346 g/mol. The third-order valence-corrected chi connectivity index (χ3v) is 6.34. The van der Waals surface area contributed by atoms with Gasteiger partial charge in [-0.1, -0.05) is 19.1 Å². The summed E-state index contributed by atoms with van der Waals surface area (Å²) >= 11 is 0. The molecule has 0 saturated heterocycles. The first-order chi connectivity index (χ1) is 13.1. The van der Waals surface area contributed by atoms with Gasteiger partial charge in [0.05, 0.1) is 0 Å². The van der Waals surface area contributed by atoms with Crippen molar-refractivity contribution in [3.8, 4) is 0 Å². The topological polar surface area (TPSA) is 26.3 Å². The van der Waals surface area contributed by atoms with E-state index in [2.05, 4.69) is 0 Å². The minimum Gasteiger partial charge on any atom is -0.459 e. The minimum atomic E-state index is -0.768. The summed E-state index contributed by atoms with van der Waals surface area (Å²) in [6, 6.07) is 4.35.